The second kappa shape index (κ2) is 3.76. The van der Waals surface area contributed by atoms with E-state index in [9.17, 15) is 4.79 Å². The number of rotatable bonds is 2. The third-order valence-electron chi connectivity index (χ3n) is 2.17. The van der Waals surface area contributed by atoms with Gasteiger partial charge in [-0.25, -0.2) is 0 Å². The molecule has 0 bridgehead atoms. The zero-order chi connectivity index (χ0) is 9.97. The van der Waals surface area contributed by atoms with Gasteiger partial charge in [0.1, 0.15) is 0 Å². The summed E-state index contributed by atoms with van der Waals surface area (Å²) >= 11 is 1.61. The summed E-state index contributed by atoms with van der Waals surface area (Å²) in [7, 11) is 0. The topological polar surface area (TPSA) is 17.1 Å². The largest absolute Gasteiger partial charge is 0.298 e. The molecule has 1 aromatic heterocycles. The lowest BCUT2D eigenvalue weighted by atomic mass is 10.1. The summed E-state index contributed by atoms with van der Waals surface area (Å²) in [5.41, 5.74) is 3.21. The Morgan fingerprint density at radius 1 is 1.29 bits per heavy atom. The highest BCUT2D eigenvalue weighted by atomic mass is 32.1. The zero-order valence-electron chi connectivity index (χ0n) is 7.86. The van der Waals surface area contributed by atoms with Gasteiger partial charge in [0.15, 0.2) is 6.29 Å². The maximum atomic E-state index is 10.5. The standard InChI is InChI=1S/C12H10OS/c1-9-4-2-3-5-11(9)12-6-10(7-13)8-14-12/h2-8H,1H3. The van der Waals surface area contributed by atoms with Crippen molar-refractivity contribution in [1.82, 2.24) is 0 Å². The van der Waals surface area contributed by atoms with E-state index in [1.165, 1.54) is 11.1 Å². The Bertz CT molecular complexity index is 457. The molecule has 2 heteroatoms. The van der Waals surface area contributed by atoms with Gasteiger partial charge in [0.05, 0.1) is 0 Å². The van der Waals surface area contributed by atoms with Crippen LogP contribution in [0.2, 0.25) is 0 Å². The minimum absolute atomic E-state index is 0.758. The number of carbonyl (C=O) groups excluding carboxylic acids is 1. The molecular weight excluding hydrogens is 192 g/mol. The van der Waals surface area contributed by atoms with Crippen LogP contribution in [0.4, 0.5) is 0 Å². The van der Waals surface area contributed by atoms with E-state index < -0.39 is 0 Å². The van der Waals surface area contributed by atoms with Gasteiger partial charge < -0.3 is 0 Å². The predicted octanol–water partition coefficient (Wildman–Crippen LogP) is 3.54. The molecule has 0 aliphatic heterocycles. The van der Waals surface area contributed by atoms with Crippen LogP contribution in [0.3, 0.4) is 0 Å². The maximum absolute atomic E-state index is 10.5. The smallest absolute Gasteiger partial charge is 0.150 e. The molecular formula is C12H10OS. The Labute approximate surface area is 87.0 Å². The highest BCUT2D eigenvalue weighted by Crippen LogP contribution is 2.28. The summed E-state index contributed by atoms with van der Waals surface area (Å²) < 4.78 is 0. The highest BCUT2D eigenvalue weighted by molar-refractivity contribution is 7.13. The molecule has 0 radical (unpaired) electrons. The first kappa shape index (κ1) is 9.16. The van der Waals surface area contributed by atoms with Gasteiger partial charge in [-0.1, -0.05) is 24.3 Å². The Hall–Kier alpha value is -1.41. The fourth-order valence-electron chi connectivity index (χ4n) is 1.40. The minimum atomic E-state index is 0.758. The fourth-order valence-corrected chi connectivity index (χ4v) is 2.35. The number of hydrogen-bond donors (Lipinski definition) is 0. The number of aldehydes is 1. The van der Waals surface area contributed by atoms with Gasteiger partial charge in [0.25, 0.3) is 0 Å². The SMILES string of the molecule is Cc1ccccc1-c1cc(C=O)cs1. The molecule has 0 fully saturated rings. The number of benzene rings is 1. The lowest BCUT2D eigenvalue weighted by Gasteiger charge is -2.00. The summed E-state index contributed by atoms with van der Waals surface area (Å²) in [4.78, 5) is 11.7. The van der Waals surface area contributed by atoms with E-state index in [0.717, 1.165) is 16.7 Å². The van der Waals surface area contributed by atoms with Crippen molar-refractivity contribution in [3.05, 3.63) is 46.8 Å². The van der Waals surface area contributed by atoms with Gasteiger partial charge >= 0.3 is 0 Å². The van der Waals surface area contributed by atoms with E-state index in [0.29, 0.717) is 0 Å². The quantitative estimate of drug-likeness (QED) is 0.681. The summed E-state index contributed by atoms with van der Waals surface area (Å²) in [6, 6.07) is 10.1. The van der Waals surface area contributed by atoms with E-state index in [-0.39, 0.29) is 0 Å². The molecule has 0 aliphatic rings. The Morgan fingerprint density at radius 3 is 2.71 bits per heavy atom. The van der Waals surface area contributed by atoms with Crippen molar-refractivity contribution >= 4 is 17.6 Å². The van der Waals surface area contributed by atoms with Gasteiger partial charge in [-0.3, -0.25) is 4.79 Å². The molecule has 1 heterocycles. The van der Waals surface area contributed by atoms with Crippen molar-refractivity contribution in [2.75, 3.05) is 0 Å². The fraction of sp³-hybridized carbons (Fsp3) is 0.0833. The van der Waals surface area contributed by atoms with Crippen LogP contribution in [0.5, 0.6) is 0 Å². The summed E-state index contributed by atoms with van der Waals surface area (Å²) in [6.45, 7) is 2.08. The molecule has 0 saturated heterocycles. The molecule has 0 N–H and O–H groups in total. The first-order chi connectivity index (χ1) is 6.81. The lowest BCUT2D eigenvalue weighted by Crippen LogP contribution is -1.78. The van der Waals surface area contributed by atoms with Gasteiger partial charge in [-0.2, -0.15) is 0 Å². The van der Waals surface area contributed by atoms with Crippen LogP contribution in [0, 0.1) is 6.92 Å². The number of thiophene rings is 1. The van der Waals surface area contributed by atoms with E-state index in [1.807, 2.05) is 23.6 Å². The highest BCUT2D eigenvalue weighted by Gasteiger charge is 2.03. The normalized spacial score (nSPS) is 10.1. The second-order valence-electron chi connectivity index (χ2n) is 3.18. The van der Waals surface area contributed by atoms with Crippen LogP contribution in [-0.2, 0) is 0 Å². The summed E-state index contributed by atoms with van der Waals surface area (Å²) in [5.74, 6) is 0. The average Bonchev–Trinajstić information content (AvgIpc) is 2.67. The van der Waals surface area contributed by atoms with Crippen LogP contribution in [0.1, 0.15) is 15.9 Å². The van der Waals surface area contributed by atoms with Gasteiger partial charge in [-0.15, -0.1) is 11.3 Å². The third-order valence-corrected chi connectivity index (χ3v) is 3.15. The van der Waals surface area contributed by atoms with Crippen LogP contribution in [0.25, 0.3) is 10.4 Å². The maximum Gasteiger partial charge on any atom is 0.150 e. The molecule has 0 saturated carbocycles. The molecule has 0 aliphatic carbocycles. The molecule has 0 unspecified atom stereocenters. The lowest BCUT2D eigenvalue weighted by molar-refractivity contribution is 0.112. The molecule has 14 heavy (non-hydrogen) atoms. The molecule has 1 aromatic carbocycles. The molecule has 0 amide bonds. The van der Waals surface area contributed by atoms with E-state index in [2.05, 4.69) is 19.1 Å². The third kappa shape index (κ3) is 1.61. The van der Waals surface area contributed by atoms with Crippen molar-refractivity contribution in [2.45, 2.75) is 6.92 Å². The van der Waals surface area contributed by atoms with Gasteiger partial charge in [0.2, 0.25) is 0 Å². The molecule has 1 nitrogen and oxygen atoms in total. The Kier molecular flexibility index (Phi) is 2.46. The Morgan fingerprint density at radius 2 is 2.07 bits per heavy atom. The van der Waals surface area contributed by atoms with Crippen molar-refractivity contribution in [2.24, 2.45) is 0 Å². The minimum Gasteiger partial charge on any atom is -0.298 e. The monoisotopic (exact) mass is 202 g/mol. The van der Waals surface area contributed by atoms with Crippen LogP contribution >= 0.6 is 11.3 Å². The zero-order valence-corrected chi connectivity index (χ0v) is 8.67. The van der Waals surface area contributed by atoms with E-state index >= 15 is 0 Å². The van der Waals surface area contributed by atoms with Crippen LogP contribution in [-0.4, -0.2) is 6.29 Å². The van der Waals surface area contributed by atoms with Crippen LogP contribution in [0.15, 0.2) is 35.7 Å². The molecule has 2 rings (SSSR count). The van der Waals surface area contributed by atoms with E-state index in [4.69, 9.17) is 0 Å². The van der Waals surface area contributed by atoms with Gasteiger partial charge in [-0.05, 0) is 24.1 Å². The number of hydrogen-bond acceptors (Lipinski definition) is 2. The van der Waals surface area contributed by atoms with Crippen molar-refractivity contribution in [3.63, 3.8) is 0 Å². The van der Waals surface area contributed by atoms with Crippen molar-refractivity contribution in [3.8, 4) is 10.4 Å². The second-order valence-corrected chi connectivity index (χ2v) is 4.09. The van der Waals surface area contributed by atoms with Crippen molar-refractivity contribution in [1.29, 1.82) is 0 Å². The number of aryl methyl sites for hydroxylation is 1. The van der Waals surface area contributed by atoms with Crippen LogP contribution < -0.4 is 0 Å². The van der Waals surface area contributed by atoms with E-state index in [1.54, 1.807) is 11.3 Å². The molecule has 0 spiro atoms. The predicted molar refractivity (Wildman–Crippen MR) is 59.9 cm³/mol. The first-order valence-corrected chi connectivity index (χ1v) is 5.29. The van der Waals surface area contributed by atoms with Crippen molar-refractivity contribution < 1.29 is 4.79 Å². The summed E-state index contributed by atoms with van der Waals surface area (Å²) in [6.07, 6.45) is 0.887. The summed E-state index contributed by atoms with van der Waals surface area (Å²) in [5, 5.41) is 1.88. The molecule has 2 aromatic rings. The Balaban J connectivity index is 2.49. The van der Waals surface area contributed by atoms with Gasteiger partial charge in [0, 0.05) is 15.8 Å². The molecule has 0 atom stereocenters. The molecule has 70 valence electrons. The first-order valence-electron chi connectivity index (χ1n) is 4.41. The number of carbonyl (C=O) groups is 1. The average molecular weight is 202 g/mol.